The number of halogens is 1. The van der Waals surface area contributed by atoms with Crippen molar-refractivity contribution < 1.29 is 4.79 Å². The molecule has 4 aromatic rings. The van der Waals surface area contributed by atoms with Gasteiger partial charge in [-0.3, -0.25) is 9.36 Å². The molecule has 3 aromatic carbocycles. The van der Waals surface area contributed by atoms with Gasteiger partial charge in [0.15, 0.2) is 11.0 Å². The fourth-order valence-electron chi connectivity index (χ4n) is 3.18. The maximum Gasteiger partial charge on any atom is 0.234 e. The van der Waals surface area contributed by atoms with Crippen LogP contribution in [-0.2, 0) is 11.3 Å². The zero-order valence-electron chi connectivity index (χ0n) is 16.1. The first kappa shape index (κ1) is 20.2. The third-order valence-electron chi connectivity index (χ3n) is 4.51. The molecular weight excluding hydrogens is 416 g/mol. The molecule has 5 nitrogen and oxygen atoms in total. The molecule has 0 unspecified atom stereocenters. The molecule has 0 aliphatic rings. The van der Waals surface area contributed by atoms with Crippen molar-refractivity contribution in [1.29, 1.82) is 0 Å². The lowest BCUT2D eigenvalue weighted by atomic mass is 10.1. The van der Waals surface area contributed by atoms with Crippen molar-refractivity contribution in [2.45, 2.75) is 11.7 Å². The van der Waals surface area contributed by atoms with E-state index in [1.165, 1.54) is 11.8 Å². The molecule has 0 radical (unpaired) electrons. The molecule has 0 atom stereocenters. The van der Waals surface area contributed by atoms with Crippen molar-refractivity contribution in [1.82, 2.24) is 14.8 Å². The summed E-state index contributed by atoms with van der Waals surface area (Å²) in [5.74, 6) is 0.803. The van der Waals surface area contributed by atoms with Crippen molar-refractivity contribution in [2.24, 2.45) is 0 Å². The van der Waals surface area contributed by atoms with Crippen molar-refractivity contribution in [2.75, 3.05) is 11.1 Å². The van der Waals surface area contributed by atoms with Crippen LogP contribution in [-0.4, -0.2) is 26.4 Å². The summed E-state index contributed by atoms with van der Waals surface area (Å²) in [7, 11) is 0. The minimum absolute atomic E-state index is 0.103. The number of hydrogen-bond donors (Lipinski definition) is 1. The van der Waals surface area contributed by atoms with Crippen LogP contribution in [0.5, 0.6) is 0 Å². The van der Waals surface area contributed by atoms with Gasteiger partial charge in [0.25, 0.3) is 0 Å². The van der Waals surface area contributed by atoms with E-state index < -0.39 is 0 Å². The van der Waals surface area contributed by atoms with Crippen LogP contribution in [0.25, 0.3) is 22.2 Å². The van der Waals surface area contributed by atoms with Crippen LogP contribution in [0, 0.1) is 0 Å². The van der Waals surface area contributed by atoms with Crippen LogP contribution >= 0.6 is 23.4 Å². The summed E-state index contributed by atoms with van der Waals surface area (Å²) in [6.45, 7) is 4.35. The largest absolute Gasteiger partial charge is 0.325 e. The SMILES string of the molecule is C=CCn1c(SCC(=O)Nc2cccc3ccccc23)nnc1-c1cccc(Cl)c1. The second kappa shape index (κ2) is 9.15. The summed E-state index contributed by atoms with van der Waals surface area (Å²) >= 11 is 7.45. The number of carbonyl (C=O) groups is 1. The van der Waals surface area contributed by atoms with Crippen LogP contribution in [0.4, 0.5) is 5.69 Å². The third-order valence-corrected chi connectivity index (χ3v) is 5.71. The summed E-state index contributed by atoms with van der Waals surface area (Å²) in [6.07, 6.45) is 1.78. The molecule has 1 amide bonds. The van der Waals surface area contributed by atoms with E-state index in [2.05, 4.69) is 22.1 Å². The zero-order chi connectivity index (χ0) is 20.9. The van der Waals surface area contributed by atoms with Gasteiger partial charge in [0.2, 0.25) is 5.91 Å². The van der Waals surface area contributed by atoms with Crippen LogP contribution in [0.2, 0.25) is 5.02 Å². The molecule has 0 saturated carbocycles. The topological polar surface area (TPSA) is 59.8 Å². The maximum atomic E-state index is 12.6. The van der Waals surface area contributed by atoms with E-state index in [1.54, 1.807) is 6.08 Å². The van der Waals surface area contributed by atoms with E-state index in [1.807, 2.05) is 71.3 Å². The predicted octanol–water partition coefficient (Wildman–Crippen LogP) is 5.67. The predicted molar refractivity (Wildman–Crippen MR) is 124 cm³/mol. The number of anilines is 1. The highest BCUT2D eigenvalue weighted by atomic mass is 35.5. The molecule has 0 saturated heterocycles. The van der Waals surface area contributed by atoms with E-state index in [0.29, 0.717) is 22.5 Å². The van der Waals surface area contributed by atoms with Crippen molar-refractivity contribution >= 4 is 45.7 Å². The molecule has 7 heteroatoms. The number of amides is 1. The van der Waals surface area contributed by atoms with Crippen molar-refractivity contribution in [3.8, 4) is 11.4 Å². The van der Waals surface area contributed by atoms with Gasteiger partial charge in [-0.1, -0.05) is 78.0 Å². The molecule has 0 aliphatic heterocycles. The summed E-state index contributed by atoms with van der Waals surface area (Å²) in [4.78, 5) is 12.6. The van der Waals surface area contributed by atoms with Gasteiger partial charge >= 0.3 is 0 Å². The maximum absolute atomic E-state index is 12.6. The van der Waals surface area contributed by atoms with Crippen LogP contribution in [0.3, 0.4) is 0 Å². The third kappa shape index (κ3) is 4.40. The number of fused-ring (bicyclic) bond motifs is 1. The van der Waals surface area contributed by atoms with Gasteiger partial charge < -0.3 is 5.32 Å². The molecule has 150 valence electrons. The number of nitrogens with zero attached hydrogens (tertiary/aromatic N) is 3. The minimum atomic E-state index is -0.103. The monoisotopic (exact) mass is 434 g/mol. The fraction of sp³-hybridized carbons (Fsp3) is 0.0870. The van der Waals surface area contributed by atoms with E-state index in [-0.39, 0.29) is 11.7 Å². The fourth-order valence-corrected chi connectivity index (χ4v) is 4.12. The Labute approximate surface area is 183 Å². The number of rotatable bonds is 7. The normalized spacial score (nSPS) is 10.8. The Kier molecular flexibility index (Phi) is 6.16. The Morgan fingerprint density at radius 1 is 1.10 bits per heavy atom. The van der Waals surface area contributed by atoms with Gasteiger partial charge in [-0.25, -0.2) is 0 Å². The number of allylic oxidation sites excluding steroid dienone is 1. The molecule has 0 bridgehead atoms. The highest BCUT2D eigenvalue weighted by Crippen LogP contribution is 2.27. The number of thioether (sulfide) groups is 1. The van der Waals surface area contributed by atoms with Crippen LogP contribution < -0.4 is 5.32 Å². The van der Waals surface area contributed by atoms with E-state index in [4.69, 9.17) is 11.6 Å². The number of aromatic nitrogens is 3. The van der Waals surface area contributed by atoms with Crippen molar-refractivity contribution in [3.63, 3.8) is 0 Å². The van der Waals surface area contributed by atoms with Gasteiger partial charge in [-0.15, -0.1) is 16.8 Å². The molecule has 1 heterocycles. The van der Waals surface area contributed by atoms with Gasteiger partial charge in [0.05, 0.1) is 5.75 Å². The standard InChI is InChI=1S/C23H19ClN4OS/c1-2-13-28-22(17-9-5-10-18(24)14-17)26-27-23(28)30-15-21(29)25-20-12-6-8-16-7-3-4-11-19(16)20/h2-12,14H,1,13,15H2,(H,25,29). The van der Waals surface area contributed by atoms with Gasteiger partial charge in [0, 0.05) is 28.2 Å². The quantitative estimate of drug-likeness (QED) is 0.301. The number of benzene rings is 3. The van der Waals surface area contributed by atoms with E-state index in [9.17, 15) is 4.79 Å². The Bertz CT molecular complexity index is 1220. The second-order valence-corrected chi connectivity index (χ2v) is 7.96. The lowest BCUT2D eigenvalue weighted by molar-refractivity contribution is -0.113. The molecule has 30 heavy (non-hydrogen) atoms. The molecule has 1 N–H and O–H groups in total. The van der Waals surface area contributed by atoms with Crippen LogP contribution in [0.1, 0.15) is 0 Å². The van der Waals surface area contributed by atoms with E-state index in [0.717, 1.165) is 22.0 Å². The Morgan fingerprint density at radius 3 is 2.73 bits per heavy atom. The first-order chi connectivity index (χ1) is 14.7. The van der Waals surface area contributed by atoms with Gasteiger partial charge in [-0.2, -0.15) is 0 Å². The average molecular weight is 435 g/mol. The number of carbonyl (C=O) groups excluding carboxylic acids is 1. The Balaban J connectivity index is 1.50. The first-order valence-corrected chi connectivity index (χ1v) is 10.7. The summed E-state index contributed by atoms with van der Waals surface area (Å²) in [6, 6.07) is 21.3. The minimum Gasteiger partial charge on any atom is -0.325 e. The van der Waals surface area contributed by atoms with Crippen LogP contribution in [0.15, 0.2) is 84.5 Å². The molecule has 4 rings (SSSR count). The Morgan fingerprint density at radius 2 is 1.90 bits per heavy atom. The summed E-state index contributed by atoms with van der Waals surface area (Å²) in [5, 5.41) is 14.9. The summed E-state index contributed by atoms with van der Waals surface area (Å²) in [5.41, 5.74) is 1.66. The molecule has 0 fully saturated rings. The molecular formula is C23H19ClN4OS. The highest BCUT2D eigenvalue weighted by Gasteiger charge is 2.15. The average Bonchev–Trinajstić information content (AvgIpc) is 3.15. The zero-order valence-corrected chi connectivity index (χ0v) is 17.7. The van der Waals surface area contributed by atoms with E-state index >= 15 is 0 Å². The Hall–Kier alpha value is -3.09. The number of hydrogen-bond acceptors (Lipinski definition) is 4. The molecule has 1 aromatic heterocycles. The smallest absolute Gasteiger partial charge is 0.234 e. The van der Waals surface area contributed by atoms with Crippen molar-refractivity contribution in [3.05, 3.63) is 84.4 Å². The van der Waals surface area contributed by atoms with Gasteiger partial charge in [-0.05, 0) is 23.6 Å². The van der Waals surface area contributed by atoms with Gasteiger partial charge in [0.1, 0.15) is 0 Å². The number of nitrogens with one attached hydrogen (secondary N) is 1. The molecule has 0 aliphatic carbocycles. The lowest BCUT2D eigenvalue weighted by Crippen LogP contribution is -2.15. The summed E-state index contributed by atoms with van der Waals surface area (Å²) < 4.78 is 1.93. The first-order valence-electron chi connectivity index (χ1n) is 9.36. The molecule has 0 spiro atoms. The lowest BCUT2D eigenvalue weighted by Gasteiger charge is -2.10. The highest BCUT2D eigenvalue weighted by molar-refractivity contribution is 7.99. The second-order valence-electron chi connectivity index (χ2n) is 6.58.